The van der Waals surface area contributed by atoms with Gasteiger partial charge in [0.05, 0.1) is 16.7 Å². The van der Waals surface area contributed by atoms with Crippen LogP contribution in [0.5, 0.6) is 0 Å². The van der Waals surface area contributed by atoms with Gasteiger partial charge in [-0.2, -0.15) is 0 Å². The summed E-state index contributed by atoms with van der Waals surface area (Å²) < 4.78 is 3.42. The Morgan fingerprint density at radius 2 is 1.40 bits per heavy atom. The van der Waals surface area contributed by atoms with Crippen LogP contribution in [0, 0.1) is 0 Å². The topological polar surface area (TPSA) is 30.7 Å². The summed E-state index contributed by atoms with van der Waals surface area (Å²) in [6.07, 6.45) is 12.2. The van der Waals surface area contributed by atoms with Gasteiger partial charge in [-0.15, -0.1) is 0 Å². The largest absolute Gasteiger partial charge is 0.294 e. The maximum Gasteiger partial charge on any atom is 0.162 e. The molecule has 0 spiro atoms. The van der Waals surface area contributed by atoms with Gasteiger partial charge in [0, 0.05) is 38.4 Å². The van der Waals surface area contributed by atoms with Gasteiger partial charge in [0.25, 0.3) is 0 Å². The van der Waals surface area contributed by atoms with Crippen molar-refractivity contribution in [3.8, 4) is 39.6 Å². The van der Waals surface area contributed by atoms with E-state index in [2.05, 4.69) is 160 Å². The molecule has 2 aliphatic rings. The van der Waals surface area contributed by atoms with Crippen molar-refractivity contribution in [1.29, 1.82) is 0 Å². The molecule has 6 aromatic carbocycles. The van der Waals surface area contributed by atoms with Crippen LogP contribution in [-0.4, -0.2) is 14.5 Å². The third-order valence-electron chi connectivity index (χ3n) is 10.2. The Bertz CT molecular complexity index is 2680. The molecular weight excluding hydrogens is 674 g/mol. The van der Waals surface area contributed by atoms with Gasteiger partial charge < -0.3 is 0 Å². The minimum Gasteiger partial charge on any atom is -0.294 e. The normalized spacial score (nSPS) is 15.0. The molecule has 2 heterocycles. The van der Waals surface area contributed by atoms with Gasteiger partial charge in [-0.1, -0.05) is 149 Å². The van der Waals surface area contributed by atoms with E-state index in [1.807, 2.05) is 24.3 Å². The van der Waals surface area contributed by atoms with Crippen molar-refractivity contribution in [2.75, 3.05) is 0 Å². The number of hydrogen-bond donors (Lipinski definition) is 0. The molecule has 0 bridgehead atoms. The van der Waals surface area contributed by atoms with Crippen LogP contribution < -0.4 is 0 Å². The lowest BCUT2D eigenvalue weighted by Crippen LogP contribution is -2.02. The van der Waals surface area contributed by atoms with Crippen LogP contribution in [0.4, 0.5) is 0 Å². The van der Waals surface area contributed by atoms with Crippen molar-refractivity contribution in [2.24, 2.45) is 0 Å². The molecule has 2 aromatic heterocycles. The fourth-order valence-corrected chi connectivity index (χ4v) is 8.39. The molecule has 50 heavy (non-hydrogen) atoms. The van der Waals surface area contributed by atoms with E-state index in [-0.39, 0.29) is 5.92 Å². The molecule has 3 nitrogen and oxygen atoms in total. The molecule has 0 saturated carbocycles. The van der Waals surface area contributed by atoms with Gasteiger partial charge in [0.1, 0.15) is 5.82 Å². The van der Waals surface area contributed by atoms with Gasteiger partial charge in [-0.25, -0.2) is 9.97 Å². The van der Waals surface area contributed by atoms with E-state index in [0.717, 1.165) is 44.6 Å². The van der Waals surface area contributed by atoms with Crippen LogP contribution in [0.15, 0.2) is 174 Å². The van der Waals surface area contributed by atoms with E-state index in [0.29, 0.717) is 5.82 Å². The second-order valence-corrected chi connectivity index (χ2v) is 13.9. The Labute approximate surface area is 298 Å². The zero-order valence-corrected chi connectivity index (χ0v) is 28.7. The average Bonchev–Trinajstić information content (AvgIpc) is 3.54. The molecule has 0 amide bonds. The first-order valence-electron chi connectivity index (χ1n) is 17.0. The molecule has 2 aliphatic carbocycles. The predicted octanol–water partition coefficient (Wildman–Crippen LogP) is 12.4. The third kappa shape index (κ3) is 4.56. The summed E-state index contributed by atoms with van der Waals surface area (Å²) >= 11 is 3.83. The van der Waals surface area contributed by atoms with Crippen LogP contribution >= 0.6 is 15.9 Å². The molecule has 0 saturated heterocycles. The predicted molar refractivity (Wildman–Crippen MR) is 211 cm³/mol. The summed E-state index contributed by atoms with van der Waals surface area (Å²) in [4.78, 5) is 10.4. The molecule has 1 unspecified atom stereocenters. The Balaban J connectivity index is 1.30. The Morgan fingerprint density at radius 1 is 0.640 bits per heavy atom. The van der Waals surface area contributed by atoms with E-state index in [1.54, 1.807) is 0 Å². The number of fused-ring (bicyclic) bond motifs is 9. The molecule has 10 rings (SSSR count). The molecule has 0 N–H and O–H groups in total. The molecule has 0 radical (unpaired) electrons. The average molecular weight is 705 g/mol. The number of halogens is 1. The molecule has 4 heteroatoms. The fraction of sp³-hybridized carbons (Fsp3) is 0.0435. The number of nitrogens with zero attached hydrogens (tertiary/aromatic N) is 3. The van der Waals surface area contributed by atoms with E-state index in [4.69, 9.17) is 9.97 Å². The van der Waals surface area contributed by atoms with E-state index in [1.165, 1.54) is 49.4 Å². The highest BCUT2D eigenvalue weighted by Gasteiger charge is 2.33. The Kier molecular flexibility index (Phi) is 6.78. The molecule has 0 aliphatic heterocycles. The standard InChI is InChI=1S/C46H30BrN3/c47-33-23-25-34-37(27-33)44-36(42(34)30-15-5-1-2-6-16-30)24-21-31-22-26-40-45(43(31)44)35-19-11-12-20-39(35)50(40)41-28-38(29-13-7-3-8-14-29)48-46(49-41)32-17-9-4-10-18-32/h1-5,7-28,42H,6H2. The summed E-state index contributed by atoms with van der Waals surface area (Å²) in [7, 11) is 0. The molecular formula is C46H30BrN3. The summed E-state index contributed by atoms with van der Waals surface area (Å²) in [5.41, 5.74) is 11.8. The van der Waals surface area contributed by atoms with Gasteiger partial charge in [-0.05, 0) is 69.3 Å². The number of aromatic nitrogens is 3. The highest BCUT2D eigenvalue weighted by atomic mass is 79.9. The summed E-state index contributed by atoms with van der Waals surface area (Å²) in [5.74, 6) is 1.72. The van der Waals surface area contributed by atoms with Crippen LogP contribution in [0.25, 0.3) is 72.2 Å². The van der Waals surface area contributed by atoms with Crippen molar-refractivity contribution in [3.05, 3.63) is 185 Å². The number of hydrogen-bond acceptors (Lipinski definition) is 2. The minimum atomic E-state index is 0.168. The smallest absolute Gasteiger partial charge is 0.162 e. The Hall–Kier alpha value is -5.84. The molecule has 0 fully saturated rings. The van der Waals surface area contributed by atoms with Crippen molar-refractivity contribution in [2.45, 2.75) is 12.3 Å². The second-order valence-electron chi connectivity index (χ2n) is 13.0. The fourth-order valence-electron chi connectivity index (χ4n) is 8.03. The summed E-state index contributed by atoms with van der Waals surface area (Å²) in [5, 5.41) is 4.97. The quantitative estimate of drug-likeness (QED) is 0.183. The van der Waals surface area contributed by atoms with Crippen molar-refractivity contribution >= 4 is 48.5 Å². The lowest BCUT2D eigenvalue weighted by atomic mass is 9.87. The van der Waals surface area contributed by atoms with Crippen LogP contribution in [0.3, 0.4) is 0 Å². The van der Waals surface area contributed by atoms with Gasteiger partial charge in [-0.3, -0.25) is 4.57 Å². The second kappa shape index (κ2) is 11.6. The first-order valence-corrected chi connectivity index (χ1v) is 17.8. The summed E-state index contributed by atoms with van der Waals surface area (Å²) in [6, 6.07) is 47.6. The zero-order valence-electron chi connectivity index (χ0n) is 27.1. The minimum absolute atomic E-state index is 0.168. The third-order valence-corrected chi connectivity index (χ3v) is 10.7. The number of para-hydroxylation sites is 1. The zero-order chi connectivity index (χ0) is 33.2. The van der Waals surface area contributed by atoms with Crippen LogP contribution in [0.1, 0.15) is 23.5 Å². The highest BCUT2D eigenvalue weighted by Crippen LogP contribution is 2.54. The number of benzene rings is 6. The molecule has 236 valence electrons. The molecule has 1 atom stereocenters. The number of rotatable bonds is 4. The van der Waals surface area contributed by atoms with Crippen LogP contribution in [0.2, 0.25) is 0 Å². The van der Waals surface area contributed by atoms with Crippen molar-refractivity contribution in [3.63, 3.8) is 0 Å². The Morgan fingerprint density at radius 3 is 2.26 bits per heavy atom. The first-order chi connectivity index (χ1) is 24.7. The van der Waals surface area contributed by atoms with Gasteiger partial charge in [0.15, 0.2) is 5.82 Å². The van der Waals surface area contributed by atoms with E-state index >= 15 is 0 Å². The first kappa shape index (κ1) is 29.1. The maximum absolute atomic E-state index is 5.28. The highest BCUT2D eigenvalue weighted by molar-refractivity contribution is 9.10. The monoisotopic (exact) mass is 703 g/mol. The number of allylic oxidation sites excluding steroid dienone is 6. The van der Waals surface area contributed by atoms with Crippen LogP contribution in [-0.2, 0) is 0 Å². The lowest BCUT2D eigenvalue weighted by Gasteiger charge is -2.16. The van der Waals surface area contributed by atoms with Crippen molar-refractivity contribution in [1.82, 2.24) is 14.5 Å². The molecule has 8 aromatic rings. The lowest BCUT2D eigenvalue weighted by molar-refractivity contribution is 1.01. The maximum atomic E-state index is 5.28. The van der Waals surface area contributed by atoms with E-state index in [9.17, 15) is 0 Å². The van der Waals surface area contributed by atoms with Gasteiger partial charge >= 0.3 is 0 Å². The van der Waals surface area contributed by atoms with Gasteiger partial charge in [0.2, 0.25) is 0 Å². The summed E-state index contributed by atoms with van der Waals surface area (Å²) in [6.45, 7) is 0. The van der Waals surface area contributed by atoms with Crippen molar-refractivity contribution < 1.29 is 0 Å². The SMILES string of the molecule is Brc1ccc2c(c1)-c1c(ccc3ccc4c(c5ccccc5n4-c4cc(-c5ccccc5)nc(-c5ccccc5)n4)c13)C2C1=CCC=CC=C1. The van der Waals surface area contributed by atoms with E-state index < -0.39 is 0 Å².